The second kappa shape index (κ2) is 9.55. The molecular weight excluding hydrogens is 449 g/mol. The molecule has 0 atom stereocenters. The van der Waals surface area contributed by atoms with Crippen LogP contribution in [0.1, 0.15) is 46.2 Å². The summed E-state index contributed by atoms with van der Waals surface area (Å²) in [5, 5.41) is 0. The van der Waals surface area contributed by atoms with Crippen LogP contribution in [0.4, 0.5) is 4.39 Å². The van der Waals surface area contributed by atoms with Crippen LogP contribution < -0.4 is 4.74 Å². The smallest absolute Gasteiger partial charge is 0.119 e. The van der Waals surface area contributed by atoms with Gasteiger partial charge in [-0.3, -0.25) is 14.3 Å². The molecule has 4 heterocycles. The zero-order valence-corrected chi connectivity index (χ0v) is 21.0. The molecule has 1 saturated heterocycles. The molecule has 3 aromatic heterocycles. The molecule has 184 valence electrons. The molecule has 1 aromatic carbocycles. The number of hydrogen-bond donors (Lipinski definition) is 0. The summed E-state index contributed by atoms with van der Waals surface area (Å²) in [6, 6.07) is 15.4. The normalized spacial score (nSPS) is 16.6. The summed E-state index contributed by atoms with van der Waals surface area (Å²) in [4.78, 5) is 6.67. The molecule has 1 aliphatic carbocycles. The van der Waals surface area contributed by atoms with Crippen molar-refractivity contribution in [3.8, 4) is 5.75 Å². The molecule has 0 amide bonds. The average Bonchev–Trinajstić information content (AvgIpc) is 3.18. The Morgan fingerprint density at radius 1 is 1.03 bits per heavy atom. The third-order valence-corrected chi connectivity index (χ3v) is 7.70. The van der Waals surface area contributed by atoms with Gasteiger partial charge in [-0.25, -0.2) is 0 Å². The van der Waals surface area contributed by atoms with Gasteiger partial charge in [-0.15, -0.1) is 0 Å². The number of methoxy groups -OCH3 is 1. The number of halogens is 1. The lowest BCUT2D eigenvalue weighted by molar-refractivity contribution is 0.0738. The van der Waals surface area contributed by atoms with Crippen molar-refractivity contribution in [2.75, 3.05) is 26.9 Å². The molecule has 5 heteroatoms. The fourth-order valence-electron chi connectivity index (χ4n) is 5.87. The molecule has 0 saturated carbocycles. The highest BCUT2D eigenvalue weighted by Gasteiger charge is 2.26. The molecule has 36 heavy (non-hydrogen) atoms. The van der Waals surface area contributed by atoms with Gasteiger partial charge in [-0.2, -0.15) is 0 Å². The average molecular weight is 482 g/mol. The van der Waals surface area contributed by atoms with Crippen LogP contribution >= 0.6 is 0 Å². The van der Waals surface area contributed by atoms with Crippen LogP contribution in [0.3, 0.4) is 0 Å². The maximum Gasteiger partial charge on any atom is 0.119 e. The van der Waals surface area contributed by atoms with Gasteiger partial charge in [0.15, 0.2) is 0 Å². The largest absolute Gasteiger partial charge is 0.497 e. The van der Waals surface area contributed by atoms with Gasteiger partial charge in [0.2, 0.25) is 0 Å². The number of aromatic nitrogens is 2. The number of likely N-dealkylation sites (tertiary alicyclic amines) is 1. The van der Waals surface area contributed by atoms with Crippen LogP contribution in [0.2, 0.25) is 0 Å². The van der Waals surface area contributed by atoms with E-state index in [1.807, 2.05) is 12.4 Å². The minimum atomic E-state index is -0.209. The number of allylic oxidation sites excluding steroid dienone is 1. The third-order valence-electron chi connectivity index (χ3n) is 7.70. The van der Waals surface area contributed by atoms with Crippen molar-refractivity contribution in [1.82, 2.24) is 14.3 Å². The first-order valence-corrected chi connectivity index (χ1v) is 12.8. The van der Waals surface area contributed by atoms with Gasteiger partial charge in [0.25, 0.3) is 0 Å². The zero-order valence-electron chi connectivity index (χ0n) is 21.0. The quantitative estimate of drug-likeness (QED) is 0.322. The van der Waals surface area contributed by atoms with Crippen molar-refractivity contribution in [2.24, 2.45) is 5.92 Å². The Labute approximate surface area is 212 Å². The number of rotatable bonds is 6. The van der Waals surface area contributed by atoms with Gasteiger partial charge in [0, 0.05) is 55.9 Å². The molecular formula is C31H32FN3O. The molecule has 0 spiro atoms. The Bertz CT molecular complexity index is 1450. The van der Waals surface area contributed by atoms with Gasteiger partial charge < -0.3 is 9.14 Å². The van der Waals surface area contributed by atoms with E-state index < -0.39 is 0 Å². The summed E-state index contributed by atoms with van der Waals surface area (Å²) in [5.41, 5.74) is 11.4. The monoisotopic (exact) mass is 481 g/mol. The van der Waals surface area contributed by atoms with Crippen molar-refractivity contribution < 1.29 is 9.13 Å². The highest BCUT2D eigenvalue weighted by Crippen LogP contribution is 2.41. The number of fused-ring (bicyclic) bond motifs is 2. The van der Waals surface area contributed by atoms with Gasteiger partial charge in [-0.1, -0.05) is 12.1 Å². The highest BCUT2D eigenvalue weighted by molar-refractivity contribution is 6.00. The van der Waals surface area contributed by atoms with Gasteiger partial charge in [0.05, 0.1) is 13.8 Å². The van der Waals surface area contributed by atoms with Crippen LogP contribution in [0.15, 0.2) is 67.3 Å². The minimum Gasteiger partial charge on any atom is -0.497 e. The van der Waals surface area contributed by atoms with Crippen molar-refractivity contribution in [2.45, 2.75) is 32.7 Å². The summed E-state index contributed by atoms with van der Waals surface area (Å²) >= 11 is 0. The van der Waals surface area contributed by atoms with Crippen LogP contribution in [-0.4, -0.2) is 41.2 Å². The van der Waals surface area contributed by atoms with Crippen LogP contribution in [-0.2, 0) is 13.0 Å². The highest BCUT2D eigenvalue weighted by atomic mass is 19.1. The maximum absolute atomic E-state index is 12.8. The molecule has 0 bridgehead atoms. The number of pyridine rings is 2. The molecule has 4 aromatic rings. The first-order chi connectivity index (χ1) is 17.6. The summed E-state index contributed by atoms with van der Waals surface area (Å²) in [5.74, 6) is 1.12. The second-order valence-electron chi connectivity index (χ2n) is 10.2. The number of nitrogens with zero attached hydrogens (tertiary/aromatic N) is 3. The van der Waals surface area contributed by atoms with E-state index in [-0.39, 0.29) is 12.6 Å². The Morgan fingerprint density at radius 2 is 1.92 bits per heavy atom. The number of aryl methyl sites for hydroxylation is 2. The first-order valence-electron chi connectivity index (χ1n) is 12.8. The van der Waals surface area contributed by atoms with E-state index in [2.05, 4.69) is 76.1 Å². The SMILES string of the molecule is COc1ccc2c(c1)CCCC(c1ccncc1C)=C2c1ccc2cc(CN3CC(CF)C3)cn2c1. The Morgan fingerprint density at radius 3 is 2.72 bits per heavy atom. The fraction of sp³-hybridized carbons (Fsp3) is 0.323. The van der Waals surface area contributed by atoms with Crippen LogP contribution in [0.5, 0.6) is 5.75 Å². The van der Waals surface area contributed by atoms with Gasteiger partial charge in [-0.05, 0) is 101 Å². The van der Waals surface area contributed by atoms with Crippen molar-refractivity contribution >= 4 is 16.7 Å². The van der Waals surface area contributed by atoms with E-state index in [0.717, 1.165) is 44.6 Å². The number of ether oxygens (including phenoxy) is 1. The fourth-order valence-corrected chi connectivity index (χ4v) is 5.87. The molecule has 1 fully saturated rings. The summed E-state index contributed by atoms with van der Waals surface area (Å²) in [6.07, 6.45) is 11.5. The number of benzene rings is 1. The molecule has 0 radical (unpaired) electrons. The third kappa shape index (κ3) is 4.22. The van der Waals surface area contributed by atoms with E-state index in [0.29, 0.717) is 0 Å². The summed E-state index contributed by atoms with van der Waals surface area (Å²) in [7, 11) is 1.73. The van der Waals surface area contributed by atoms with E-state index in [4.69, 9.17) is 4.74 Å². The Kier molecular flexibility index (Phi) is 6.10. The topological polar surface area (TPSA) is 29.8 Å². The lowest BCUT2D eigenvalue weighted by Gasteiger charge is -2.37. The van der Waals surface area contributed by atoms with Crippen molar-refractivity contribution in [3.05, 3.63) is 101 Å². The maximum atomic E-state index is 12.8. The predicted octanol–water partition coefficient (Wildman–Crippen LogP) is 6.35. The van der Waals surface area contributed by atoms with Crippen LogP contribution in [0.25, 0.3) is 16.7 Å². The second-order valence-corrected chi connectivity index (χ2v) is 10.2. The molecule has 1 aliphatic heterocycles. The summed E-state index contributed by atoms with van der Waals surface area (Å²) < 4.78 is 20.7. The summed E-state index contributed by atoms with van der Waals surface area (Å²) in [6.45, 7) is 4.53. The van der Waals surface area contributed by atoms with Crippen molar-refractivity contribution in [3.63, 3.8) is 0 Å². The minimum absolute atomic E-state index is 0.209. The lowest BCUT2D eigenvalue weighted by Crippen LogP contribution is -2.46. The lowest BCUT2D eigenvalue weighted by atomic mass is 9.87. The van der Waals surface area contributed by atoms with E-state index in [9.17, 15) is 4.39 Å². The molecule has 4 nitrogen and oxygen atoms in total. The Hall–Kier alpha value is -3.44. The Balaban J connectivity index is 1.46. The predicted molar refractivity (Wildman–Crippen MR) is 143 cm³/mol. The van der Waals surface area contributed by atoms with Crippen molar-refractivity contribution in [1.29, 1.82) is 0 Å². The van der Waals surface area contributed by atoms with E-state index >= 15 is 0 Å². The molecule has 2 aliphatic rings. The van der Waals surface area contributed by atoms with E-state index in [1.165, 1.54) is 50.0 Å². The van der Waals surface area contributed by atoms with E-state index in [1.54, 1.807) is 7.11 Å². The molecule has 0 unspecified atom stereocenters. The molecule has 6 rings (SSSR count). The van der Waals surface area contributed by atoms with Gasteiger partial charge in [0.1, 0.15) is 5.75 Å². The van der Waals surface area contributed by atoms with Gasteiger partial charge >= 0.3 is 0 Å². The van der Waals surface area contributed by atoms with Crippen LogP contribution in [0, 0.1) is 12.8 Å². The number of hydrogen-bond acceptors (Lipinski definition) is 3. The first kappa shape index (κ1) is 23.0. The zero-order chi connectivity index (χ0) is 24.6. The molecule has 0 N–H and O–H groups in total. The number of alkyl halides is 1. The standard InChI is InChI=1S/C31H32FN3O/c1-21-15-33-11-10-28(21)30-5-3-4-24-13-27(36-2)8-9-29(24)31(30)25-6-7-26-12-22(19-35(26)20-25)16-34-17-23(14-32)18-34/h6-13,15,19-20,23H,3-5,14,16-18H2,1-2H3.